The molecule has 0 saturated carbocycles. The molecular weight excluding hydrogens is 351 g/mol. The van der Waals surface area contributed by atoms with Gasteiger partial charge in [-0.15, -0.1) is 0 Å². The molecular formula is C24H33PS. The van der Waals surface area contributed by atoms with Crippen molar-refractivity contribution in [2.75, 3.05) is 0 Å². The zero-order valence-corrected chi connectivity index (χ0v) is 18.1. The average Bonchev–Trinajstić information content (AvgIpc) is 2.70. The summed E-state index contributed by atoms with van der Waals surface area (Å²) in [5.41, 5.74) is 0. The first-order valence-corrected chi connectivity index (χ1v) is 12.9. The Morgan fingerprint density at radius 2 is 1.27 bits per heavy atom. The molecule has 140 valence electrons. The van der Waals surface area contributed by atoms with Crippen LogP contribution < -0.4 is 10.6 Å². The molecule has 2 aromatic carbocycles. The summed E-state index contributed by atoms with van der Waals surface area (Å²) in [6.45, 7) is 4.54. The van der Waals surface area contributed by atoms with Crippen molar-refractivity contribution in [1.29, 1.82) is 0 Å². The molecule has 2 aromatic rings. The standard InChI is InChI=1S/C24H33PS/c1-3-5-7-11-17-22(16-10-6-4-2)25(26,23-18-12-8-13-19-23)24-20-14-9-15-21-24/h8-9,12-15,17-21H,3-7,10-11,16H2,1-2H3/b22-17+. The SMILES string of the molecule is CCCCC/C=C(\CCCCC)P(=S)(c1ccccc1)c1ccccc1. The van der Waals surface area contributed by atoms with Crippen molar-refractivity contribution < 1.29 is 0 Å². The third-order valence-electron chi connectivity index (χ3n) is 4.87. The van der Waals surface area contributed by atoms with Gasteiger partial charge >= 0.3 is 0 Å². The lowest BCUT2D eigenvalue weighted by molar-refractivity contribution is 0.712. The van der Waals surface area contributed by atoms with Crippen LogP contribution in [0.25, 0.3) is 0 Å². The molecule has 0 bridgehead atoms. The van der Waals surface area contributed by atoms with Crippen molar-refractivity contribution in [1.82, 2.24) is 0 Å². The summed E-state index contributed by atoms with van der Waals surface area (Å²) < 4.78 is 0. The van der Waals surface area contributed by atoms with Crippen LogP contribution in [0, 0.1) is 0 Å². The Labute approximate surface area is 165 Å². The van der Waals surface area contributed by atoms with E-state index in [0.29, 0.717) is 0 Å². The predicted molar refractivity (Wildman–Crippen MR) is 123 cm³/mol. The van der Waals surface area contributed by atoms with Crippen LogP contribution in [-0.2, 0) is 11.8 Å². The summed E-state index contributed by atoms with van der Waals surface area (Å²) in [6, 6.07) is 19.8. The van der Waals surface area contributed by atoms with Crippen molar-refractivity contribution in [3.8, 4) is 0 Å². The van der Waals surface area contributed by atoms with E-state index in [1.807, 2.05) is 0 Å². The lowest BCUT2D eigenvalue weighted by Gasteiger charge is -2.27. The molecule has 0 aliphatic carbocycles. The van der Waals surface area contributed by atoms with E-state index in [-0.39, 0.29) is 0 Å². The van der Waals surface area contributed by atoms with E-state index < -0.39 is 6.04 Å². The van der Waals surface area contributed by atoms with Gasteiger partial charge in [0, 0.05) is 6.04 Å². The number of allylic oxidation sites excluding steroid dienone is 2. The van der Waals surface area contributed by atoms with Gasteiger partial charge in [0.05, 0.1) is 0 Å². The molecule has 0 fully saturated rings. The van der Waals surface area contributed by atoms with Crippen LogP contribution in [0.15, 0.2) is 72.1 Å². The molecule has 0 unspecified atom stereocenters. The lowest BCUT2D eigenvalue weighted by Crippen LogP contribution is -2.17. The minimum atomic E-state index is -1.93. The fourth-order valence-electron chi connectivity index (χ4n) is 3.36. The van der Waals surface area contributed by atoms with Gasteiger partial charge in [0.1, 0.15) is 0 Å². The summed E-state index contributed by atoms with van der Waals surface area (Å²) >= 11 is 6.53. The molecule has 26 heavy (non-hydrogen) atoms. The third kappa shape index (κ3) is 5.66. The van der Waals surface area contributed by atoms with Crippen LogP contribution >= 0.6 is 6.04 Å². The second-order valence-corrected chi connectivity index (χ2v) is 11.4. The van der Waals surface area contributed by atoms with Gasteiger partial charge in [-0.25, -0.2) is 0 Å². The quantitative estimate of drug-likeness (QED) is 0.292. The lowest BCUT2D eigenvalue weighted by atomic mass is 10.1. The van der Waals surface area contributed by atoms with Crippen LogP contribution in [0.4, 0.5) is 0 Å². The number of rotatable bonds is 11. The first-order valence-electron chi connectivity index (χ1n) is 10.1. The Balaban J connectivity index is 2.45. The van der Waals surface area contributed by atoms with E-state index in [0.717, 1.165) is 12.8 Å². The molecule has 0 amide bonds. The highest BCUT2D eigenvalue weighted by Crippen LogP contribution is 2.54. The Morgan fingerprint density at radius 3 is 1.77 bits per heavy atom. The van der Waals surface area contributed by atoms with Crippen molar-refractivity contribution in [3.63, 3.8) is 0 Å². The monoisotopic (exact) mass is 384 g/mol. The molecule has 0 aromatic heterocycles. The van der Waals surface area contributed by atoms with Crippen molar-refractivity contribution >= 4 is 28.5 Å². The summed E-state index contributed by atoms with van der Waals surface area (Å²) in [6.07, 6.45) is 12.4. The van der Waals surface area contributed by atoms with Gasteiger partial charge in [-0.3, -0.25) is 0 Å². The van der Waals surface area contributed by atoms with Crippen LogP contribution in [0.2, 0.25) is 0 Å². The molecule has 0 radical (unpaired) electrons. The maximum atomic E-state index is 6.53. The molecule has 0 saturated heterocycles. The van der Waals surface area contributed by atoms with Crippen LogP contribution in [0.3, 0.4) is 0 Å². The number of hydrogen-bond donors (Lipinski definition) is 0. The Bertz CT molecular complexity index is 660. The number of unbranched alkanes of at least 4 members (excludes halogenated alkanes) is 5. The number of hydrogen-bond acceptors (Lipinski definition) is 1. The van der Waals surface area contributed by atoms with Crippen LogP contribution in [-0.4, -0.2) is 0 Å². The van der Waals surface area contributed by atoms with Crippen molar-refractivity contribution in [3.05, 3.63) is 72.1 Å². The second-order valence-electron chi connectivity index (χ2n) is 6.93. The molecule has 0 aliphatic heterocycles. The van der Waals surface area contributed by atoms with E-state index in [1.165, 1.54) is 54.4 Å². The summed E-state index contributed by atoms with van der Waals surface area (Å²) in [4.78, 5) is 0. The molecule has 0 N–H and O–H groups in total. The van der Waals surface area contributed by atoms with Crippen molar-refractivity contribution in [2.24, 2.45) is 0 Å². The van der Waals surface area contributed by atoms with E-state index in [1.54, 1.807) is 0 Å². The fraction of sp³-hybridized carbons (Fsp3) is 0.417. The summed E-state index contributed by atoms with van der Waals surface area (Å²) in [5.74, 6) is 0. The molecule has 0 atom stereocenters. The zero-order valence-electron chi connectivity index (χ0n) is 16.4. The van der Waals surface area contributed by atoms with Gasteiger partial charge in [-0.05, 0) is 41.6 Å². The average molecular weight is 385 g/mol. The maximum absolute atomic E-state index is 6.53. The smallest absolute Gasteiger partial charge is 0.0337 e. The van der Waals surface area contributed by atoms with Gasteiger partial charge in [0.25, 0.3) is 0 Å². The van der Waals surface area contributed by atoms with Crippen LogP contribution in [0.1, 0.15) is 65.2 Å². The minimum Gasteiger partial charge on any atom is -0.0830 e. The summed E-state index contributed by atoms with van der Waals surface area (Å²) in [5, 5.41) is 4.19. The maximum Gasteiger partial charge on any atom is 0.0337 e. The van der Waals surface area contributed by atoms with Crippen molar-refractivity contribution in [2.45, 2.75) is 65.2 Å². The van der Waals surface area contributed by atoms with Crippen LogP contribution in [0.5, 0.6) is 0 Å². The van der Waals surface area contributed by atoms with E-state index in [2.05, 4.69) is 80.6 Å². The second kappa shape index (κ2) is 11.5. The van der Waals surface area contributed by atoms with E-state index in [4.69, 9.17) is 11.8 Å². The Kier molecular flexibility index (Phi) is 9.37. The third-order valence-corrected chi connectivity index (χ3v) is 10.1. The minimum absolute atomic E-state index is 1.14. The van der Waals surface area contributed by atoms with Gasteiger partial charge in [0.15, 0.2) is 0 Å². The highest BCUT2D eigenvalue weighted by Gasteiger charge is 2.26. The Morgan fingerprint density at radius 1 is 0.769 bits per heavy atom. The zero-order chi connectivity index (χ0) is 18.7. The fourth-order valence-corrected chi connectivity index (χ4v) is 7.60. The summed E-state index contributed by atoms with van der Waals surface area (Å²) in [7, 11) is 0. The molecule has 0 aliphatic rings. The number of benzene rings is 2. The normalized spacial score (nSPS) is 12.3. The van der Waals surface area contributed by atoms with Gasteiger partial charge < -0.3 is 0 Å². The highest BCUT2D eigenvalue weighted by atomic mass is 32.4. The van der Waals surface area contributed by atoms with E-state index in [9.17, 15) is 0 Å². The topological polar surface area (TPSA) is 0 Å². The van der Waals surface area contributed by atoms with Gasteiger partial charge in [0.2, 0.25) is 0 Å². The Hall–Kier alpha value is -1.17. The highest BCUT2D eigenvalue weighted by molar-refractivity contribution is 8.23. The first kappa shape index (κ1) is 21.1. The molecule has 2 heteroatoms. The van der Waals surface area contributed by atoms with E-state index >= 15 is 0 Å². The molecule has 0 spiro atoms. The van der Waals surface area contributed by atoms with Gasteiger partial charge in [-0.1, -0.05) is 118 Å². The molecule has 2 rings (SSSR count). The van der Waals surface area contributed by atoms with Gasteiger partial charge in [-0.2, -0.15) is 0 Å². The molecule has 0 heterocycles. The predicted octanol–water partition coefficient (Wildman–Crippen LogP) is 7.16. The largest absolute Gasteiger partial charge is 0.0830 e. The molecule has 0 nitrogen and oxygen atoms in total. The first-order chi connectivity index (χ1) is 12.7.